The average Bonchev–Trinajstić information content (AvgIpc) is 3.30. The smallest absolute Gasteiger partial charge is 0.127 e. The summed E-state index contributed by atoms with van der Waals surface area (Å²) in [6.45, 7) is 1.10. The van der Waals surface area contributed by atoms with Crippen LogP contribution in [0.4, 0.5) is 0 Å². The summed E-state index contributed by atoms with van der Waals surface area (Å²) in [5.41, 5.74) is 3.01. The normalized spacial score (nSPS) is 22.3. The molecule has 1 atom stereocenters. The lowest BCUT2D eigenvalue weighted by atomic mass is 9.87. The van der Waals surface area contributed by atoms with Crippen LogP contribution in [-0.2, 0) is 6.42 Å². The van der Waals surface area contributed by atoms with Gasteiger partial charge in [0.25, 0.3) is 0 Å². The Morgan fingerprint density at radius 1 is 1.16 bits per heavy atom. The minimum Gasteiger partial charge on any atom is -0.496 e. The Hall–Kier alpha value is -1.54. The molecule has 1 aliphatic heterocycles. The van der Waals surface area contributed by atoms with Gasteiger partial charge in [0, 0.05) is 11.4 Å². The Morgan fingerprint density at radius 2 is 1.95 bits per heavy atom. The van der Waals surface area contributed by atoms with Crippen LogP contribution < -0.4 is 10.1 Å². The summed E-state index contributed by atoms with van der Waals surface area (Å²) >= 11 is 0. The molecule has 1 unspecified atom stereocenters. The molecule has 2 nitrogen and oxygen atoms in total. The number of hydrogen-bond donors (Lipinski definition) is 1. The highest BCUT2D eigenvalue weighted by molar-refractivity contribution is 5.92. The molecule has 1 saturated carbocycles. The lowest BCUT2D eigenvalue weighted by Gasteiger charge is -2.29. The zero-order chi connectivity index (χ0) is 12.8. The number of hydrogen-bond acceptors (Lipinski definition) is 2. The van der Waals surface area contributed by atoms with Crippen LogP contribution in [0.3, 0.4) is 0 Å². The van der Waals surface area contributed by atoms with Crippen LogP contribution in [0.5, 0.6) is 5.75 Å². The SMILES string of the molecule is COc1cc2c(c3ccccc13)CCNC2C1CC1. The minimum absolute atomic E-state index is 0.544. The van der Waals surface area contributed by atoms with Crippen molar-refractivity contribution in [1.29, 1.82) is 0 Å². The van der Waals surface area contributed by atoms with Gasteiger partial charge in [0.05, 0.1) is 7.11 Å². The Kier molecular flexibility index (Phi) is 2.52. The molecule has 2 aromatic rings. The lowest BCUT2D eigenvalue weighted by Crippen LogP contribution is -2.31. The molecular weight excluding hydrogens is 234 g/mol. The number of methoxy groups -OCH3 is 1. The summed E-state index contributed by atoms with van der Waals surface area (Å²) in [5, 5.41) is 6.33. The first kappa shape index (κ1) is 11.3. The minimum atomic E-state index is 0.544. The van der Waals surface area contributed by atoms with Crippen molar-refractivity contribution in [3.05, 3.63) is 41.5 Å². The highest BCUT2D eigenvalue weighted by Gasteiger charge is 2.35. The van der Waals surface area contributed by atoms with E-state index in [2.05, 4.69) is 35.6 Å². The standard InChI is InChI=1S/C17H19NO/c1-19-16-10-15-13(12-4-2-3-5-14(12)16)8-9-18-17(15)11-6-7-11/h2-5,10-11,17-18H,6-9H2,1H3. The van der Waals surface area contributed by atoms with Gasteiger partial charge in [-0.15, -0.1) is 0 Å². The zero-order valence-corrected chi connectivity index (χ0v) is 11.3. The van der Waals surface area contributed by atoms with Crippen LogP contribution in [0.15, 0.2) is 30.3 Å². The third-order valence-electron chi connectivity index (χ3n) is 4.54. The third-order valence-corrected chi connectivity index (χ3v) is 4.54. The predicted octanol–water partition coefficient (Wildman–Crippen LogP) is 3.45. The van der Waals surface area contributed by atoms with E-state index in [1.807, 2.05) is 0 Å². The Bertz CT molecular complexity index is 630. The van der Waals surface area contributed by atoms with E-state index >= 15 is 0 Å². The first-order valence-electron chi connectivity index (χ1n) is 7.20. The Balaban J connectivity index is 1.98. The van der Waals surface area contributed by atoms with Crippen molar-refractivity contribution < 1.29 is 4.74 Å². The maximum atomic E-state index is 5.61. The van der Waals surface area contributed by atoms with Gasteiger partial charge in [-0.25, -0.2) is 0 Å². The second kappa shape index (κ2) is 4.24. The van der Waals surface area contributed by atoms with Crippen LogP contribution in [0.25, 0.3) is 10.8 Å². The van der Waals surface area contributed by atoms with E-state index in [1.165, 1.54) is 34.7 Å². The molecular formula is C17H19NO. The highest BCUT2D eigenvalue weighted by Crippen LogP contribution is 2.46. The molecule has 0 spiro atoms. The molecule has 4 rings (SSSR count). The van der Waals surface area contributed by atoms with Gasteiger partial charge in [0.15, 0.2) is 0 Å². The summed E-state index contributed by atoms with van der Waals surface area (Å²) in [7, 11) is 1.77. The third kappa shape index (κ3) is 1.74. The molecule has 0 bridgehead atoms. The number of rotatable bonds is 2. The molecule has 0 aromatic heterocycles. The van der Waals surface area contributed by atoms with Gasteiger partial charge in [-0.3, -0.25) is 0 Å². The van der Waals surface area contributed by atoms with E-state index < -0.39 is 0 Å². The molecule has 2 aromatic carbocycles. The van der Waals surface area contributed by atoms with E-state index in [9.17, 15) is 0 Å². The van der Waals surface area contributed by atoms with Crippen molar-refractivity contribution in [2.45, 2.75) is 25.3 Å². The zero-order valence-electron chi connectivity index (χ0n) is 11.3. The molecule has 1 fully saturated rings. The van der Waals surface area contributed by atoms with Crippen LogP contribution in [0.2, 0.25) is 0 Å². The van der Waals surface area contributed by atoms with E-state index in [1.54, 1.807) is 7.11 Å². The molecule has 0 radical (unpaired) electrons. The van der Waals surface area contributed by atoms with Crippen LogP contribution in [0.1, 0.15) is 30.0 Å². The predicted molar refractivity (Wildman–Crippen MR) is 77.7 cm³/mol. The topological polar surface area (TPSA) is 21.3 Å². The van der Waals surface area contributed by atoms with E-state index in [-0.39, 0.29) is 0 Å². The molecule has 19 heavy (non-hydrogen) atoms. The fourth-order valence-electron chi connectivity index (χ4n) is 3.46. The summed E-state index contributed by atoms with van der Waals surface area (Å²) < 4.78 is 5.61. The molecule has 2 heteroatoms. The molecule has 1 heterocycles. The van der Waals surface area contributed by atoms with Crippen LogP contribution in [0, 0.1) is 5.92 Å². The van der Waals surface area contributed by atoms with Gasteiger partial charge < -0.3 is 10.1 Å². The summed E-state index contributed by atoms with van der Waals surface area (Å²) in [6.07, 6.45) is 3.86. The summed E-state index contributed by atoms with van der Waals surface area (Å²) in [5.74, 6) is 1.86. The summed E-state index contributed by atoms with van der Waals surface area (Å²) in [6, 6.07) is 11.5. The van der Waals surface area contributed by atoms with E-state index in [4.69, 9.17) is 4.74 Å². The highest BCUT2D eigenvalue weighted by atomic mass is 16.5. The first-order valence-corrected chi connectivity index (χ1v) is 7.20. The molecule has 0 amide bonds. The quantitative estimate of drug-likeness (QED) is 0.885. The molecule has 1 N–H and O–H groups in total. The maximum absolute atomic E-state index is 5.61. The van der Waals surface area contributed by atoms with Gasteiger partial charge in [-0.05, 0) is 54.3 Å². The number of benzene rings is 2. The number of ether oxygens (including phenoxy) is 1. The van der Waals surface area contributed by atoms with E-state index in [0.717, 1.165) is 24.6 Å². The molecule has 98 valence electrons. The first-order chi connectivity index (χ1) is 9.38. The Labute approximate surface area is 113 Å². The van der Waals surface area contributed by atoms with Gasteiger partial charge in [-0.2, -0.15) is 0 Å². The fourth-order valence-corrected chi connectivity index (χ4v) is 3.46. The fraction of sp³-hybridized carbons (Fsp3) is 0.412. The van der Waals surface area contributed by atoms with E-state index in [0.29, 0.717) is 6.04 Å². The largest absolute Gasteiger partial charge is 0.496 e. The number of fused-ring (bicyclic) bond motifs is 3. The van der Waals surface area contributed by atoms with Crippen molar-refractivity contribution in [1.82, 2.24) is 5.32 Å². The van der Waals surface area contributed by atoms with Gasteiger partial charge in [0.2, 0.25) is 0 Å². The second-order valence-electron chi connectivity index (χ2n) is 5.71. The van der Waals surface area contributed by atoms with Crippen molar-refractivity contribution in [2.75, 3.05) is 13.7 Å². The van der Waals surface area contributed by atoms with Gasteiger partial charge in [0.1, 0.15) is 5.75 Å². The monoisotopic (exact) mass is 253 g/mol. The van der Waals surface area contributed by atoms with Crippen LogP contribution >= 0.6 is 0 Å². The molecule has 2 aliphatic rings. The van der Waals surface area contributed by atoms with Crippen LogP contribution in [-0.4, -0.2) is 13.7 Å². The van der Waals surface area contributed by atoms with Crippen molar-refractivity contribution in [3.8, 4) is 5.75 Å². The van der Waals surface area contributed by atoms with Crippen molar-refractivity contribution in [3.63, 3.8) is 0 Å². The van der Waals surface area contributed by atoms with Crippen molar-refractivity contribution in [2.24, 2.45) is 5.92 Å². The Morgan fingerprint density at radius 3 is 2.68 bits per heavy atom. The second-order valence-corrected chi connectivity index (χ2v) is 5.71. The average molecular weight is 253 g/mol. The number of nitrogens with one attached hydrogen (secondary N) is 1. The summed E-state index contributed by atoms with van der Waals surface area (Å²) in [4.78, 5) is 0. The van der Waals surface area contributed by atoms with Crippen molar-refractivity contribution >= 4 is 10.8 Å². The molecule has 1 aliphatic carbocycles. The van der Waals surface area contributed by atoms with Gasteiger partial charge in [-0.1, -0.05) is 24.3 Å². The maximum Gasteiger partial charge on any atom is 0.127 e. The van der Waals surface area contributed by atoms with Gasteiger partial charge >= 0.3 is 0 Å². The molecule has 0 saturated heterocycles. The lowest BCUT2D eigenvalue weighted by molar-refractivity contribution is 0.413.